The number of fused-ring (bicyclic) bond motifs is 1. The minimum Gasteiger partial charge on any atom is -0.392 e. The summed E-state index contributed by atoms with van der Waals surface area (Å²) in [7, 11) is -3.61. The summed E-state index contributed by atoms with van der Waals surface area (Å²) in [5.41, 5.74) is 6.00. The molecular formula is C14H16N2O2S2. The molecule has 0 heterocycles. The van der Waals surface area contributed by atoms with Gasteiger partial charge in [0.2, 0.25) is 10.0 Å². The molecule has 0 bridgehead atoms. The summed E-state index contributed by atoms with van der Waals surface area (Å²) in [5, 5.41) is 1.16. The normalized spacial score (nSPS) is 13.1. The quantitative estimate of drug-likeness (QED) is 0.833. The topological polar surface area (TPSA) is 72.2 Å². The van der Waals surface area contributed by atoms with Crippen molar-refractivity contribution in [1.29, 1.82) is 0 Å². The summed E-state index contributed by atoms with van der Waals surface area (Å²) in [4.78, 5) is -0.0132. The number of nitrogens with two attached hydrogens (primary N) is 1. The van der Waals surface area contributed by atoms with Crippen LogP contribution in [0.1, 0.15) is 13.3 Å². The molecule has 0 spiro atoms. The van der Waals surface area contributed by atoms with E-state index >= 15 is 0 Å². The fourth-order valence-electron chi connectivity index (χ4n) is 2.06. The smallest absolute Gasteiger partial charge is 0.242 e. The van der Waals surface area contributed by atoms with Gasteiger partial charge in [-0.1, -0.05) is 49.5 Å². The number of thiocarbonyl (C=S) groups is 1. The molecule has 2 aromatic carbocycles. The van der Waals surface area contributed by atoms with Crippen LogP contribution in [0.15, 0.2) is 42.5 Å². The van der Waals surface area contributed by atoms with Crippen molar-refractivity contribution < 1.29 is 8.42 Å². The molecule has 106 valence electrons. The van der Waals surface area contributed by atoms with E-state index in [2.05, 4.69) is 4.72 Å². The van der Waals surface area contributed by atoms with Gasteiger partial charge >= 0.3 is 0 Å². The molecule has 4 nitrogen and oxygen atoms in total. The standard InChI is InChI=1S/C14H16N2O2S2/c1-2-13(14(15)19)20(17,18)16-12-8-7-10-5-3-4-6-11(10)9-12/h3-9,13,16H,2H2,1H3,(H2,15,19). The zero-order valence-electron chi connectivity index (χ0n) is 11.0. The molecule has 20 heavy (non-hydrogen) atoms. The average molecular weight is 308 g/mol. The molecule has 0 aromatic heterocycles. The van der Waals surface area contributed by atoms with Gasteiger partial charge in [0.25, 0.3) is 0 Å². The fraction of sp³-hybridized carbons (Fsp3) is 0.214. The number of hydrogen-bond donors (Lipinski definition) is 2. The molecule has 2 rings (SSSR count). The third kappa shape index (κ3) is 3.08. The third-order valence-corrected chi connectivity index (χ3v) is 5.36. The van der Waals surface area contributed by atoms with Gasteiger partial charge in [-0.25, -0.2) is 8.42 Å². The SMILES string of the molecule is CCC(C(N)=S)S(=O)(=O)Nc1ccc2ccccc2c1. The first-order valence-corrected chi connectivity index (χ1v) is 8.19. The van der Waals surface area contributed by atoms with Gasteiger partial charge in [0.05, 0.1) is 4.99 Å². The van der Waals surface area contributed by atoms with E-state index < -0.39 is 15.3 Å². The third-order valence-electron chi connectivity index (χ3n) is 3.07. The number of nitrogens with one attached hydrogen (secondary N) is 1. The number of benzene rings is 2. The molecule has 0 amide bonds. The molecule has 3 N–H and O–H groups in total. The van der Waals surface area contributed by atoms with E-state index in [9.17, 15) is 8.42 Å². The highest BCUT2D eigenvalue weighted by Gasteiger charge is 2.26. The Balaban J connectivity index is 2.33. The summed E-state index contributed by atoms with van der Waals surface area (Å²) < 4.78 is 27.0. The van der Waals surface area contributed by atoms with Crippen LogP contribution in [-0.2, 0) is 10.0 Å². The Bertz CT molecular complexity index is 742. The van der Waals surface area contributed by atoms with Crippen LogP contribution in [0.3, 0.4) is 0 Å². The molecule has 0 saturated carbocycles. The second-order valence-corrected chi connectivity index (χ2v) is 6.84. The van der Waals surface area contributed by atoms with Crippen LogP contribution in [0.2, 0.25) is 0 Å². The maximum Gasteiger partial charge on any atom is 0.242 e. The van der Waals surface area contributed by atoms with E-state index in [-0.39, 0.29) is 4.99 Å². The molecule has 6 heteroatoms. The molecule has 0 radical (unpaired) electrons. The van der Waals surface area contributed by atoms with Crippen molar-refractivity contribution >= 4 is 43.7 Å². The lowest BCUT2D eigenvalue weighted by atomic mass is 10.1. The predicted octanol–water partition coefficient (Wildman–Crippen LogP) is 2.65. The van der Waals surface area contributed by atoms with Crippen LogP contribution >= 0.6 is 12.2 Å². The summed E-state index contributed by atoms with van der Waals surface area (Å²) in [6.45, 7) is 1.74. The second-order valence-electron chi connectivity index (χ2n) is 4.51. The van der Waals surface area contributed by atoms with Gasteiger partial charge < -0.3 is 5.73 Å². The van der Waals surface area contributed by atoms with Crippen molar-refractivity contribution in [3.8, 4) is 0 Å². The van der Waals surface area contributed by atoms with Crippen molar-refractivity contribution in [3.05, 3.63) is 42.5 Å². The van der Waals surface area contributed by atoms with Crippen LogP contribution in [0, 0.1) is 0 Å². The summed E-state index contributed by atoms with van der Waals surface area (Å²) in [6, 6.07) is 13.1. The lowest BCUT2D eigenvalue weighted by Crippen LogP contribution is -2.37. The van der Waals surface area contributed by atoms with Gasteiger partial charge in [0.15, 0.2) is 0 Å². The first-order chi connectivity index (χ1) is 9.44. The lowest BCUT2D eigenvalue weighted by Gasteiger charge is -2.16. The lowest BCUT2D eigenvalue weighted by molar-refractivity contribution is 0.594. The van der Waals surface area contributed by atoms with Gasteiger partial charge in [0, 0.05) is 5.69 Å². The van der Waals surface area contributed by atoms with Crippen LogP contribution in [0.25, 0.3) is 10.8 Å². The fourth-order valence-corrected chi connectivity index (χ4v) is 3.95. The van der Waals surface area contributed by atoms with Crippen LogP contribution in [0.5, 0.6) is 0 Å². The minimum absolute atomic E-state index is 0.0132. The van der Waals surface area contributed by atoms with Crippen LogP contribution in [0.4, 0.5) is 5.69 Å². The maximum absolute atomic E-state index is 12.2. The van der Waals surface area contributed by atoms with Gasteiger partial charge in [-0.15, -0.1) is 0 Å². The average Bonchev–Trinajstić information content (AvgIpc) is 2.38. The maximum atomic E-state index is 12.2. The van der Waals surface area contributed by atoms with Crippen molar-refractivity contribution in [2.75, 3.05) is 4.72 Å². The Morgan fingerprint density at radius 1 is 1.25 bits per heavy atom. The van der Waals surface area contributed by atoms with E-state index in [1.165, 1.54) is 0 Å². The van der Waals surface area contributed by atoms with Crippen molar-refractivity contribution in [3.63, 3.8) is 0 Å². The molecule has 0 aliphatic heterocycles. The van der Waals surface area contributed by atoms with Crippen molar-refractivity contribution in [2.45, 2.75) is 18.6 Å². The zero-order chi connectivity index (χ0) is 14.8. The largest absolute Gasteiger partial charge is 0.392 e. The summed E-state index contributed by atoms with van der Waals surface area (Å²) in [6.07, 6.45) is 0.345. The predicted molar refractivity (Wildman–Crippen MR) is 87.4 cm³/mol. The first-order valence-electron chi connectivity index (χ1n) is 6.24. The Labute approximate surface area is 124 Å². The van der Waals surface area contributed by atoms with E-state index in [1.807, 2.05) is 30.3 Å². The van der Waals surface area contributed by atoms with Gasteiger partial charge in [-0.2, -0.15) is 0 Å². The Kier molecular flexibility index (Phi) is 4.25. The van der Waals surface area contributed by atoms with E-state index in [0.717, 1.165) is 10.8 Å². The van der Waals surface area contributed by atoms with Crippen molar-refractivity contribution in [2.24, 2.45) is 5.73 Å². The van der Waals surface area contributed by atoms with Crippen LogP contribution < -0.4 is 10.5 Å². The highest BCUT2D eigenvalue weighted by Crippen LogP contribution is 2.21. The molecule has 2 aromatic rings. The van der Waals surface area contributed by atoms with Gasteiger partial charge in [0.1, 0.15) is 5.25 Å². The summed E-state index contributed by atoms with van der Waals surface area (Å²) in [5.74, 6) is 0. The number of rotatable bonds is 5. The molecule has 0 aliphatic rings. The monoisotopic (exact) mass is 308 g/mol. The number of hydrogen-bond acceptors (Lipinski definition) is 3. The first kappa shape index (κ1) is 14.7. The molecule has 1 unspecified atom stereocenters. The Morgan fingerprint density at radius 2 is 1.90 bits per heavy atom. The number of sulfonamides is 1. The molecule has 1 atom stereocenters. The highest BCUT2D eigenvalue weighted by molar-refractivity contribution is 7.95. The van der Waals surface area contributed by atoms with Gasteiger partial charge in [-0.05, 0) is 29.3 Å². The number of anilines is 1. The van der Waals surface area contributed by atoms with Crippen molar-refractivity contribution in [1.82, 2.24) is 0 Å². The van der Waals surface area contributed by atoms with Gasteiger partial charge in [-0.3, -0.25) is 4.72 Å². The highest BCUT2D eigenvalue weighted by atomic mass is 32.2. The molecule has 0 saturated heterocycles. The van der Waals surface area contributed by atoms with Crippen LogP contribution in [-0.4, -0.2) is 18.7 Å². The second kappa shape index (κ2) is 5.76. The Morgan fingerprint density at radius 3 is 2.50 bits per heavy atom. The molecule has 0 fully saturated rings. The summed E-state index contributed by atoms with van der Waals surface area (Å²) >= 11 is 4.82. The van der Waals surface area contributed by atoms with E-state index in [0.29, 0.717) is 12.1 Å². The molecular weight excluding hydrogens is 292 g/mol. The Hall–Kier alpha value is -1.66. The molecule has 0 aliphatic carbocycles. The minimum atomic E-state index is -3.61. The van der Waals surface area contributed by atoms with E-state index in [1.54, 1.807) is 19.1 Å². The zero-order valence-corrected chi connectivity index (χ0v) is 12.7. The van der Waals surface area contributed by atoms with E-state index in [4.69, 9.17) is 18.0 Å².